The molecule has 2 aliphatic heterocycles. The van der Waals surface area contributed by atoms with Gasteiger partial charge < -0.3 is 15.1 Å². The Morgan fingerprint density at radius 2 is 1.82 bits per heavy atom. The van der Waals surface area contributed by atoms with Gasteiger partial charge in [0.1, 0.15) is 5.56 Å². The largest absolute Gasteiger partial charge is 0.423 e. The van der Waals surface area contributed by atoms with Crippen LogP contribution in [0, 0.1) is 12.8 Å². The van der Waals surface area contributed by atoms with Gasteiger partial charge in [0, 0.05) is 64.2 Å². The molecule has 1 atom stereocenters. The number of hydrogen-bond donors (Lipinski definition) is 2. The van der Waals surface area contributed by atoms with Gasteiger partial charge in [-0.2, -0.15) is 18.3 Å². The van der Waals surface area contributed by atoms with Crippen LogP contribution in [0.15, 0.2) is 23.4 Å². The number of anilines is 2. The van der Waals surface area contributed by atoms with E-state index in [9.17, 15) is 22.8 Å². The summed E-state index contributed by atoms with van der Waals surface area (Å²) in [5, 5.41) is 8.02. The molecular weight excluding hydrogens is 453 g/mol. The molecule has 0 bridgehead atoms. The minimum absolute atomic E-state index is 0.0967. The van der Waals surface area contributed by atoms with Gasteiger partial charge >= 0.3 is 6.18 Å². The first kappa shape index (κ1) is 23.9. The van der Waals surface area contributed by atoms with Gasteiger partial charge in [-0.15, -0.1) is 0 Å². The number of hydrogen-bond acceptors (Lipinski definition) is 8. The van der Waals surface area contributed by atoms with Gasteiger partial charge in [0.05, 0.1) is 17.8 Å². The van der Waals surface area contributed by atoms with Crippen molar-refractivity contribution in [1.82, 2.24) is 30.0 Å². The van der Waals surface area contributed by atoms with Gasteiger partial charge in [0.25, 0.3) is 5.56 Å². The maximum Gasteiger partial charge on any atom is 0.423 e. The molecule has 1 amide bonds. The van der Waals surface area contributed by atoms with Gasteiger partial charge in [0.2, 0.25) is 11.9 Å². The predicted octanol–water partition coefficient (Wildman–Crippen LogP) is 0.968. The van der Waals surface area contributed by atoms with Gasteiger partial charge in [0.15, 0.2) is 0 Å². The first-order valence-electron chi connectivity index (χ1n) is 11.1. The van der Waals surface area contributed by atoms with Crippen LogP contribution in [0.3, 0.4) is 0 Å². The minimum Gasteiger partial charge on any atom is -0.379 e. The Bertz CT molecular complexity index is 1060. The number of nitrogens with zero attached hydrogens (tertiary/aromatic N) is 6. The summed E-state index contributed by atoms with van der Waals surface area (Å²) in [6.45, 7) is 7.71. The molecule has 0 unspecified atom stereocenters. The molecule has 2 aromatic heterocycles. The number of carbonyl (C=O) groups is 1. The Hall–Kier alpha value is -3.22. The molecule has 34 heavy (non-hydrogen) atoms. The molecule has 2 aliphatic rings. The molecule has 0 saturated carbocycles. The average Bonchev–Trinajstić information content (AvgIpc) is 2.75. The second-order valence-electron chi connectivity index (χ2n) is 8.82. The molecule has 2 fully saturated rings. The Labute approximate surface area is 194 Å². The average molecular weight is 480 g/mol. The summed E-state index contributed by atoms with van der Waals surface area (Å²) in [6, 6.07) is -0.376. The first-order chi connectivity index (χ1) is 16.1. The SMILES string of the molecule is Cc1cnc(N2CCN(C(=O)C3CN(C[C@H](C)Nc4cn[nH]c(=O)c4C(F)(F)F)C3)CC2)nc1. The van der Waals surface area contributed by atoms with E-state index in [-0.39, 0.29) is 23.6 Å². The highest BCUT2D eigenvalue weighted by Crippen LogP contribution is 2.31. The van der Waals surface area contributed by atoms with Crippen LogP contribution in [0.1, 0.15) is 18.1 Å². The molecule has 0 radical (unpaired) electrons. The minimum atomic E-state index is -4.79. The Morgan fingerprint density at radius 3 is 2.44 bits per heavy atom. The number of aryl methyl sites for hydroxylation is 1. The summed E-state index contributed by atoms with van der Waals surface area (Å²) in [5.74, 6) is 0.638. The lowest BCUT2D eigenvalue weighted by molar-refractivity contribution is -0.141. The van der Waals surface area contributed by atoms with Crippen LogP contribution in [0.5, 0.6) is 0 Å². The van der Waals surface area contributed by atoms with Crippen molar-refractivity contribution in [2.24, 2.45) is 5.92 Å². The second kappa shape index (κ2) is 9.57. The number of nitrogens with one attached hydrogen (secondary N) is 2. The van der Waals surface area contributed by atoms with Crippen LogP contribution < -0.4 is 15.8 Å². The molecule has 0 spiro atoms. The van der Waals surface area contributed by atoms with Crippen LogP contribution in [0.4, 0.5) is 24.8 Å². The topological polar surface area (TPSA) is 110 Å². The smallest absolute Gasteiger partial charge is 0.379 e. The summed E-state index contributed by atoms with van der Waals surface area (Å²) < 4.78 is 39.6. The third-order valence-electron chi connectivity index (χ3n) is 6.02. The van der Waals surface area contributed by atoms with E-state index >= 15 is 0 Å². The number of aromatic nitrogens is 4. The van der Waals surface area contributed by atoms with E-state index in [2.05, 4.69) is 25.3 Å². The lowest BCUT2D eigenvalue weighted by atomic mass is 9.97. The van der Waals surface area contributed by atoms with Crippen molar-refractivity contribution < 1.29 is 18.0 Å². The third-order valence-corrected chi connectivity index (χ3v) is 6.02. The summed E-state index contributed by atoms with van der Waals surface area (Å²) in [4.78, 5) is 39.0. The van der Waals surface area contributed by atoms with E-state index < -0.39 is 17.3 Å². The Morgan fingerprint density at radius 1 is 1.18 bits per heavy atom. The monoisotopic (exact) mass is 480 g/mol. The number of rotatable bonds is 6. The molecule has 2 saturated heterocycles. The van der Waals surface area contributed by atoms with E-state index in [1.807, 2.05) is 21.8 Å². The molecule has 184 valence electrons. The van der Waals surface area contributed by atoms with Gasteiger partial charge in [-0.05, 0) is 19.4 Å². The van der Waals surface area contributed by atoms with Crippen molar-refractivity contribution in [2.75, 3.05) is 56.0 Å². The molecule has 4 heterocycles. The van der Waals surface area contributed by atoms with Crippen molar-refractivity contribution in [1.29, 1.82) is 0 Å². The first-order valence-corrected chi connectivity index (χ1v) is 11.1. The molecule has 2 N–H and O–H groups in total. The molecule has 10 nitrogen and oxygen atoms in total. The molecule has 0 aliphatic carbocycles. The maximum atomic E-state index is 13.2. The normalized spacial score (nSPS) is 18.5. The predicted molar refractivity (Wildman–Crippen MR) is 118 cm³/mol. The second-order valence-corrected chi connectivity index (χ2v) is 8.82. The van der Waals surface area contributed by atoms with Crippen LogP contribution >= 0.6 is 0 Å². The fraction of sp³-hybridized carbons (Fsp3) is 0.571. The summed E-state index contributed by atoms with van der Waals surface area (Å²) in [6.07, 6.45) is -0.281. The lowest BCUT2D eigenvalue weighted by Gasteiger charge is -2.43. The number of amides is 1. The number of H-pyrrole nitrogens is 1. The number of aromatic amines is 1. The third kappa shape index (κ3) is 5.29. The van der Waals surface area contributed by atoms with E-state index in [0.29, 0.717) is 51.8 Å². The summed E-state index contributed by atoms with van der Waals surface area (Å²) in [5.41, 5.74) is -1.94. The zero-order valence-electron chi connectivity index (χ0n) is 19.0. The highest BCUT2D eigenvalue weighted by Gasteiger charge is 2.39. The van der Waals surface area contributed by atoms with E-state index in [1.165, 1.54) is 0 Å². The van der Waals surface area contributed by atoms with Gasteiger partial charge in [-0.1, -0.05) is 0 Å². The molecule has 4 rings (SSSR count). The lowest BCUT2D eigenvalue weighted by Crippen LogP contribution is -2.59. The number of alkyl halides is 3. The quantitative estimate of drug-likeness (QED) is 0.630. The standard InChI is InChI=1S/C21H27F3N8O2/c1-13-7-25-20(26-8-13)32-5-3-31(4-6-32)19(34)15-11-30(12-15)10-14(2)28-16-9-27-29-18(33)17(16)21(22,23)24/h7-9,14-15H,3-6,10-12H2,1-2H3,(H2,28,29,33)/t14-/m0/s1. The van der Waals surface area contributed by atoms with Crippen molar-refractivity contribution in [3.63, 3.8) is 0 Å². The summed E-state index contributed by atoms with van der Waals surface area (Å²) in [7, 11) is 0. The van der Waals surface area contributed by atoms with Crippen LogP contribution in [-0.2, 0) is 11.0 Å². The van der Waals surface area contributed by atoms with Gasteiger partial charge in [-0.25, -0.2) is 15.1 Å². The van der Waals surface area contributed by atoms with Crippen molar-refractivity contribution >= 4 is 17.5 Å². The molecule has 2 aromatic rings. The molecule has 0 aromatic carbocycles. The Balaban J connectivity index is 1.23. The van der Waals surface area contributed by atoms with Crippen molar-refractivity contribution in [3.8, 4) is 0 Å². The number of carbonyl (C=O) groups excluding carboxylic acids is 1. The molecular formula is C21H27F3N8O2. The number of halogens is 3. The number of likely N-dealkylation sites (tertiary alicyclic amines) is 1. The highest BCUT2D eigenvalue weighted by molar-refractivity contribution is 5.80. The van der Waals surface area contributed by atoms with Crippen LogP contribution in [0.2, 0.25) is 0 Å². The summed E-state index contributed by atoms with van der Waals surface area (Å²) >= 11 is 0. The van der Waals surface area contributed by atoms with Crippen LogP contribution in [0.25, 0.3) is 0 Å². The van der Waals surface area contributed by atoms with E-state index in [4.69, 9.17) is 0 Å². The zero-order chi connectivity index (χ0) is 24.5. The van der Waals surface area contributed by atoms with E-state index in [1.54, 1.807) is 19.3 Å². The van der Waals surface area contributed by atoms with Crippen molar-refractivity contribution in [2.45, 2.75) is 26.1 Å². The molecule has 13 heteroatoms. The highest BCUT2D eigenvalue weighted by atomic mass is 19.4. The maximum absolute atomic E-state index is 13.2. The zero-order valence-corrected chi connectivity index (χ0v) is 19.0. The number of piperazine rings is 1. The van der Waals surface area contributed by atoms with E-state index in [0.717, 1.165) is 11.8 Å². The fourth-order valence-electron chi connectivity index (χ4n) is 4.30. The van der Waals surface area contributed by atoms with Crippen molar-refractivity contribution in [3.05, 3.63) is 40.1 Å². The van der Waals surface area contributed by atoms with Gasteiger partial charge in [-0.3, -0.25) is 14.5 Å². The van der Waals surface area contributed by atoms with Crippen LogP contribution in [-0.4, -0.2) is 87.7 Å². The Kier molecular flexibility index (Phi) is 6.73. The fourth-order valence-corrected chi connectivity index (χ4v) is 4.30.